The Morgan fingerprint density at radius 1 is 1.10 bits per heavy atom. The van der Waals surface area contributed by atoms with Crippen molar-refractivity contribution in [2.75, 3.05) is 18.5 Å². The number of aromatic nitrogens is 2. The highest BCUT2D eigenvalue weighted by atomic mass is 19.2. The number of aliphatic hydroxyl groups is 1. The van der Waals surface area contributed by atoms with Crippen LogP contribution in [-0.2, 0) is 6.54 Å². The molecule has 2 aromatic carbocycles. The van der Waals surface area contributed by atoms with Crippen LogP contribution in [0.1, 0.15) is 16.7 Å². The van der Waals surface area contributed by atoms with Crippen LogP contribution in [0, 0.1) is 31.3 Å². The predicted molar refractivity (Wildman–Crippen MR) is 106 cm³/mol. The third-order valence-corrected chi connectivity index (χ3v) is 4.38. The van der Waals surface area contributed by atoms with Gasteiger partial charge in [-0.05, 0) is 43.2 Å². The molecule has 1 heterocycles. The van der Waals surface area contributed by atoms with Crippen LogP contribution in [-0.4, -0.2) is 27.9 Å². The molecular weight excluding hydrogens is 399 g/mol. The molecule has 2 N–H and O–H groups in total. The van der Waals surface area contributed by atoms with Crippen molar-refractivity contribution in [2.45, 2.75) is 20.4 Å². The molecule has 0 fully saturated rings. The van der Waals surface area contributed by atoms with Crippen molar-refractivity contribution in [3.8, 4) is 5.75 Å². The van der Waals surface area contributed by atoms with E-state index >= 15 is 0 Å². The van der Waals surface area contributed by atoms with Crippen LogP contribution >= 0.6 is 0 Å². The van der Waals surface area contributed by atoms with Gasteiger partial charge in [0.15, 0.2) is 17.5 Å². The lowest BCUT2D eigenvalue weighted by atomic mass is 10.2. The Morgan fingerprint density at radius 3 is 2.47 bits per heavy atom. The summed E-state index contributed by atoms with van der Waals surface area (Å²) in [5, 5.41) is 11.9. The van der Waals surface area contributed by atoms with Crippen molar-refractivity contribution in [2.24, 2.45) is 0 Å². The molecule has 0 unspecified atom stereocenters. The van der Waals surface area contributed by atoms with Gasteiger partial charge in [-0.2, -0.15) is 4.98 Å². The van der Waals surface area contributed by atoms with E-state index in [1.807, 2.05) is 6.92 Å². The summed E-state index contributed by atoms with van der Waals surface area (Å²) in [7, 11) is 0. The maximum atomic E-state index is 13.6. The third-order valence-electron chi connectivity index (χ3n) is 4.38. The first-order valence-corrected chi connectivity index (χ1v) is 9.11. The molecular formula is C21H20F3N3O3. The largest absolute Gasteiger partial charge is 0.491 e. The number of nitrogens with zero attached hydrogens (tertiary/aromatic N) is 2. The topological polar surface area (TPSA) is 76.4 Å². The van der Waals surface area contributed by atoms with E-state index in [0.29, 0.717) is 17.0 Å². The first kappa shape index (κ1) is 21.4. The number of aliphatic hydroxyl groups excluding tert-OH is 1. The Bertz CT molecular complexity index is 1110. The zero-order chi connectivity index (χ0) is 21.8. The minimum atomic E-state index is -1.54. The molecule has 158 valence electrons. The minimum Gasteiger partial charge on any atom is -0.491 e. The second-order valence-electron chi connectivity index (χ2n) is 6.73. The van der Waals surface area contributed by atoms with E-state index in [0.717, 1.165) is 17.7 Å². The lowest BCUT2D eigenvalue weighted by Gasteiger charge is -2.17. The summed E-state index contributed by atoms with van der Waals surface area (Å²) in [6.45, 7) is 3.33. The second kappa shape index (κ2) is 9.00. The highest BCUT2D eigenvalue weighted by molar-refractivity contribution is 5.61. The van der Waals surface area contributed by atoms with Crippen LogP contribution in [0.3, 0.4) is 0 Å². The molecule has 0 aliphatic rings. The number of anilines is 2. The van der Waals surface area contributed by atoms with E-state index in [-0.39, 0.29) is 31.3 Å². The Hall–Kier alpha value is -3.33. The fourth-order valence-electron chi connectivity index (χ4n) is 2.82. The molecule has 1 aromatic heterocycles. The van der Waals surface area contributed by atoms with Gasteiger partial charge in [0.05, 0.1) is 13.2 Å². The van der Waals surface area contributed by atoms with E-state index in [2.05, 4.69) is 10.3 Å². The molecule has 0 spiro atoms. The summed E-state index contributed by atoms with van der Waals surface area (Å²) in [5.41, 5.74) is 1.45. The zero-order valence-corrected chi connectivity index (χ0v) is 16.4. The molecule has 0 amide bonds. The average Bonchev–Trinajstić information content (AvgIpc) is 2.70. The summed E-state index contributed by atoms with van der Waals surface area (Å²) >= 11 is 0. The maximum absolute atomic E-state index is 13.6. The highest BCUT2D eigenvalue weighted by Gasteiger charge is 2.14. The summed E-state index contributed by atoms with van der Waals surface area (Å²) in [4.78, 5) is 16.1. The summed E-state index contributed by atoms with van der Waals surface area (Å²) in [6, 6.07) is 6.99. The molecule has 6 nitrogen and oxygen atoms in total. The van der Waals surface area contributed by atoms with Crippen molar-refractivity contribution in [3.63, 3.8) is 0 Å². The van der Waals surface area contributed by atoms with Gasteiger partial charge in [-0.25, -0.2) is 13.2 Å². The highest BCUT2D eigenvalue weighted by Crippen LogP contribution is 2.25. The molecule has 0 saturated heterocycles. The molecule has 3 rings (SSSR count). The second-order valence-corrected chi connectivity index (χ2v) is 6.73. The number of hydrogen-bond acceptors (Lipinski definition) is 5. The van der Waals surface area contributed by atoms with Crippen LogP contribution in [0.2, 0.25) is 0 Å². The van der Waals surface area contributed by atoms with Gasteiger partial charge in [0.1, 0.15) is 12.4 Å². The average molecular weight is 419 g/mol. The quantitative estimate of drug-likeness (QED) is 0.574. The monoisotopic (exact) mass is 419 g/mol. The van der Waals surface area contributed by atoms with Crippen molar-refractivity contribution in [3.05, 3.63) is 81.0 Å². The normalized spacial score (nSPS) is 10.9. The van der Waals surface area contributed by atoms with Crippen LogP contribution in [0.4, 0.5) is 24.8 Å². The minimum absolute atomic E-state index is 0.0513. The SMILES string of the molecule is Cc1ccc(OCCO)cc1Nc1nc(=O)c(C)cn1Cc1cc(F)c(F)c(F)c1. The molecule has 9 heteroatoms. The van der Waals surface area contributed by atoms with Crippen LogP contribution in [0.15, 0.2) is 41.3 Å². The lowest BCUT2D eigenvalue weighted by molar-refractivity contribution is 0.201. The van der Waals surface area contributed by atoms with Crippen LogP contribution in [0.5, 0.6) is 5.75 Å². The molecule has 0 aliphatic carbocycles. The number of benzene rings is 2. The first-order valence-electron chi connectivity index (χ1n) is 9.11. The third kappa shape index (κ3) is 4.80. The summed E-state index contributed by atoms with van der Waals surface area (Å²) in [5.74, 6) is -3.50. The summed E-state index contributed by atoms with van der Waals surface area (Å²) < 4.78 is 47.3. The van der Waals surface area contributed by atoms with Gasteiger partial charge in [0, 0.05) is 23.5 Å². The van der Waals surface area contributed by atoms with E-state index in [9.17, 15) is 18.0 Å². The molecule has 0 aliphatic heterocycles. The van der Waals surface area contributed by atoms with Crippen molar-refractivity contribution < 1.29 is 23.0 Å². The van der Waals surface area contributed by atoms with E-state index in [1.54, 1.807) is 25.1 Å². The van der Waals surface area contributed by atoms with Crippen molar-refractivity contribution >= 4 is 11.6 Å². The number of ether oxygens (including phenoxy) is 1. The molecule has 0 bridgehead atoms. The molecule has 0 radical (unpaired) electrons. The Labute approximate surface area is 170 Å². The number of rotatable bonds is 7. The fourth-order valence-corrected chi connectivity index (χ4v) is 2.82. The summed E-state index contributed by atoms with van der Waals surface area (Å²) in [6.07, 6.45) is 1.50. The van der Waals surface area contributed by atoms with Crippen molar-refractivity contribution in [1.29, 1.82) is 0 Å². The number of aryl methyl sites for hydroxylation is 2. The molecule has 30 heavy (non-hydrogen) atoms. The van der Waals surface area contributed by atoms with E-state index in [1.165, 1.54) is 10.8 Å². The first-order chi connectivity index (χ1) is 14.3. The fraction of sp³-hybridized carbons (Fsp3) is 0.238. The Morgan fingerprint density at radius 2 is 1.80 bits per heavy atom. The standard InChI is InChI=1S/C21H20F3N3O3/c1-12-3-4-15(30-6-5-28)9-18(12)25-21-26-20(29)13(2)10-27(21)11-14-7-16(22)19(24)17(23)8-14/h3-4,7-10,28H,5-6,11H2,1-2H3,(H,25,26,29). The Kier molecular flexibility index (Phi) is 6.41. The lowest BCUT2D eigenvalue weighted by Crippen LogP contribution is -2.19. The number of nitrogens with one attached hydrogen (secondary N) is 1. The van der Waals surface area contributed by atoms with Gasteiger partial charge < -0.3 is 19.7 Å². The number of halogens is 3. The van der Waals surface area contributed by atoms with Gasteiger partial charge in [0.2, 0.25) is 5.95 Å². The van der Waals surface area contributed by atoms with Crippen LogP contribution in [0.25, 0.3) is 0 Å². The van der Waals surface area contributed by atoms with Gasteiger partial charge in [-0.15, -0.1) is 0 Å². The van der Waals surface area contributed by atoms with Gasteiger partial charge >= 0.3 is 0 Å². The predicted octanol–water partition coefficient (Wildman–Crippen LogP) is 3.44. The van der Waals surface area contributed by atoms with E-state index < -0.39 is 23.0 Å². The van der Waals surface area contributed by atoms with E-state index in [4.69, 9.17) is 9.84 Å². The van der Waals surface area contributed by atoms with Crippen molar-refractivity contribution in [1.82, 2.24) is 9.55 Å². The van der Waals surface area contributed by atoms with Gasteiger partial charge in [-0.3, -0.25) is 4.79 Å². The maximum Gasteiger partial charge on any atom is 0.277 e. The molecule has 0 atom stereocenters. The Balaban J connectivity index is 1.98. The van der Waals surface area contributed by atoms with Gasteiger partial charge in [-0.1, -0.05) is 6.07 Å². The van der Waals surface area contributed by atoms with Crippen LogP contribution < -0.4 is 15.6 Å². The molecule has 0 saturated carbocycles. The zero-order valence-electron chi connectivity index (χ0n) is 16.4. The van der Waals surface area contributed by atoms with Gasteiger partial charge in [0.25, 0.3) is 5.56 Å². The smallest absolute Gasteiger partial charge is 0.277 e. The molecule has 3 aromatic rings. The number of hydrogen-bond donors (Lipinski definition) is 2.